The highest BCUT2D eigenvalue weighted by Gasteiger charge is 2.14. The number of nitrogens with one attached hydrogen (secondary N) is 2. The predicted molar refractivity (Wildman–Crippen MR) is 107 cm³/mol. The summed E-state index contributed by atoms with van der Waals surface area (Å²) in [5.74, 6) is -0.201. The van der Waals surface area contributed by atoms with E-state index >= 15 is 0 Å². The van der Waals surface area contributed by atoms with Crippen LogP contribution in [0.4, 0.5) is 0 Å². The molecule has 0 aromatic heterocycles. The molecular weight excluding hydrogens is 362 g/mol. The second-order valence-electron chi connectivity index (χ2n) is 6.57. The largest absolute Gasteiger partial charge is 0.352 e. The van der Waals surface area contributed by atoms with Crippen LogP contribution in [0.1, 0.15) is 22.3 Å². The molecule has 0 unspecified atom stereocenters. The first kappa shape index (κ1) is 21.1. The monoisotopic (exact) mass is 389 g/mol. The zero-order valence-electron chi connectivity index (χ0n) is 15.8. The van der Waals surface area contributed by atoms with Gasteiger partial charge in [-0.25, -0.2) is 13.1 Å². The Morgan fingerprint density at radius 1 is 0.963 bits per heavy atom. The van der Waals surface area contributed by atoms with Crippen molar-refractivity contribution in [2.75, 3.05) is 33.7 Å². The molecule has 0 bridgehead atoms. The fourth-order valence-corrected chi connectivity index (χ4v) is 3.53. The van der Waals surface area contributed by atoms with Crippen molar-refractivity contribution in [3.05, 3.63) is 65.7 Å². The third kappa shape index (κ3) is 7.13. The van der Waals surface area contributed by atoms with Crippen LogP contribution in [0, 0.1) is 0 Å². The number of nitrogens with zero attached hydrogens (tertiary/aromatic N) is 1. The lowest BCUT2D eigenvalue weighted by Crippen LogP contribution is -2.31. The van der Waals surface area contributed by atoms with Gasteiger partial charge in [0, 0.05) is 25.2 Å². The summed E-state index contributed by atoms with van der Waals surface area (Å²) in [5.41, 5.74) is 1.69. The molecule has 2 aromatic carbocycles. The van der Waals surface area contributed by atoms with Crippen molar-refractivity contribution in [2.45, 2.75) is 17.7 Å². The maximum Gasteiger partial charge on any atom is 0.251 e. The Morgan fingerprint density at radius 3 is 2.26 bits per heavy atom. The Hall–Kier alpha value is -2.22. The summed E-state index contributed by atoms with van der Waals surface area (Å²) in [4.78, 5) is 14.2. The number of carbonyl (C=O) groups is 1. The highest BCUT2D eigenvalue weighted by molar-refractivity contribution is 7.89. The Balaban J connectivity index is 1.82. The van der Waals surface area contributed by atoms with Gasteiger partial charge in [0.2, 0.25) is 10.0 Å². The Labute approximate surface area is 161 Å². The first-order valence-corrected chi connectivity index (χ1v) is 10.4. The molecule has 0 heterocycles. The zero-order chi connectivity index (χ0) is 19.7. The van der Waals surface area contributed by atoms with Crippen molar-refractivity contribution in [3.63, 3.8) is 0 Å². The molecule has 0 fully saturated rings. The number of rotatable bonds is 10. The van der Waals surface area contributed by atoms with Crippen molar-refractivity contribution < 1.29 is 13.2 Å². The van der Waals surface area contributed by atoms with Gasteiger partial charge in [0.25, 0.3) is 5.91 Å². The Kier molecular flexibility index (Phi) is 7.97. The molecule has 0 aliphatic carbocycles. The highest BCUT2D eigenvalue weighted by atomic mass is 32.2. The molecule has 146 valence electrons. The highest BCUT2D eigenvalue weighted by Crippen LogP contribution is 2.10. The normalized spacial score (nSPS) is 11.5. The van der Waals surface area contributed by atoms with E-state index in [9.17, 15) is 13.2 Å². The van der Waals surface area contributed by atoms with Crippen LogP contribution in [-0.2, 0) is 16.4 Å². The molecule has 0 radical (unpaired) electrons. The van der Waals surface area contributed by atoms with E-state index in [1.807, 2.05) is 37.2 Å². The predicted octanol–water partition coefficient (Wildman–Crippen LogP) is 1.89. The average molecular weight is 390 g/mol. The van der Waals surface area contributed by atoms with Crippen molar-refractivity contribution in [1.82, 2.24) is 14.9 Å². The topological polar surface area (TPSA) is 78.5 Å². The van der Waals surface area contributed by atoms with Crippen molar-refractivity contribution in [3.8, 4) is 0 Å². The van der Waals surface area contributed by atoms with Gasteiger partial charge in [-0.05, 0) is 56.8 Å². The summed E-state index contributed by atoms with van der Waals surface area (Å²) in [6.45, 7) is 1.52. The van der Waals surface area contributed by atoms with Gasteiger partial charge in [-0.3, -0.25) is 4.79 Å². The maximum absolute atomic E-state index is 12.2. The molecule has 27 heavy (non-hydrogen) atoms. The van der Waals surface area contributed by atoms with Gasteiger partial charge in [-0.2, -0.15) is 0 Å². The first-order chi connectivity index (χ1) is 12.9. The molecule has 6 nitrogen and oxygen atoms in total. The van der Waals surface area contributed by atoms with Crippen molar-refractivity contribution in [2.24, 2.45) is 0 Å². The lowest BCUT2D eigenvalue weighted by molar-refractivity contribution is 0.0953. The van der Waals surface area contributed by atoms with E-state index in [0.29, 0.717) is 25.2 Å². The third-order valence-corrected chi connectivity index (χ3v) is 5.53. The van der Waals surface area contributed by atoms with Gasteiger partial charge in [0.1, 0.15) is 0 Å². The number of sulfonamides is 1. The van der Waals surface area contributed by atoms with Crippen LogP contribution in [0.25, 0.3) is 0 Å². The minimum absolute atomic E-state index is 0.155. The first-order valence-electron chi connectivity index (χ1n) is 8.95. The van der Waals surface area contributed by atoms with Crippen molar-refractivity contribution in [1.29, 1.82) is 0 Å². The molecule has 0 saturated heterocycles. The molecule has 0 aliphatic heterocycles. The molecule has 2 aromatic rings. The van der Waals surface area contributed by atoms with Gasteiger partial charge in [0.05, 0.1) is 4.90 Å². The number of amides is 1. The average Bonchev–Trinajstić information content (AvgIpc) is 2.65. The number of carbonyl (C=O) groups excluding carboxylic acids is 1. The van der Waals surface area contributed by atoms with Crippen LogP contribution in [0.3, 0.4) is 0 Å². The maximum atomic E-state index is 12.2. The van der Waals surface area contributed by atoms with E-state index in [4.69, 9.17) is 0 Å². The number of likely N-dealkylation sites (N-methyl/N-ethyl adjacent to an activating group) is 1. The van der Waals surface area contributed by atoms with Crippen LogP contribution in [0.5, 0.6) is 0 Å². The lowest BCUT2D eigenvalue weighted by atomic mass is 10.1. The quantitative estimate of drug-likeness (QED) is 0.608. The standard InChI is InChI=1S/C20H27N3O3S/c1-23(2)16-15-22-27(25,26)19-12-10-18(11-13-19)20(24)21-14-6-9-17-7-4-3-5-8-17/h3-5,7-8,10-13,22H,6,9,14-16H2,1-2H3,(H,21,24). The molecule has 2 N–H and O–H groups in total. The van der Waals surface area contributed by atoms with E-state index in [-0.39, 0.29) is 10.8 Å². The summed E-state index contributed by atoms with van der Waals surface area (Å²) in [7, 11) is 0.195. The number of hydrogen-bond donors (Lipinski definition) is 2. The second kappa shape index (κ2) is 10.2. The Morgan fingerprint density at radius 2 is 1.63 bits per heavy atom. The molecule has 0 spiro atoms. The molecule has 0 aliphatic rings. The van der Waals surface area contributed by atoms with E-state index in [1.165, 1.54) is 29.8 Å². The van der Waals surface area contributed by atoms with E-state index in [0.717, 1.165) is 12.8 Å². The number of benzene rings is 2. The zero-order valence-corrected chi connectivity index (χ0v) is 16.6. The lowest BCUT2D eigenvalue weighted by Gasteiger charge is -2.11. The summed E-state index contributed by atoms with van der Waals surface area (Å²) in [5, 5.41) is 2.86. The molecule has 0 saturated carbocycles. The summed E-state index contributed by atoms with van der Waals surface area (Å²) in [6.07, 6.45) is 1.74. The van der Waals surface area contributed by atoms with E-state index in [2.05, 4.69) is 22.2 Å². The Bertz CT molecular complexity index is 819. The molecule has 1 amide bonds. The molecule has 0 atom stereocenters. The number of hydrogen-bond acceptors (Lipinski definition) is 4. The van der Waals surface area contributed by atoms with Gasteiger partial charge in [-0.15, -0.1) is 0 Å². The summed E-state index contributed by atoms with van der Waals surface area (Å²) >= 11 is 0. The van der Waals surface area contributed by atoms with Crippen LogP contribution < -0.4 is 10.0 Å². The fraction of sp³-hybridized carbons (Fsp3) is 0.350. The number of aryl methyl sites for hydroxylation is 1. The van der Waals surface area contributed by atoms with Crippen molar-refractivity contribution >= 4 is 15.9 Å². The van der Waals surface area contributed by atoms with Gasteiger partial charge in [0.15, 0.2) is 0 Å². The summed E-state index contributed by atoms with van der Waals surface area (Å²) < 4.78 is 27.0. The van der Waals surface area contributed by atoms with Crippen LogP contribution in [0.2, 0.25) is 0 Å². The minimum Gasteiger partial charge on any atom is -0.352 e. The van der Waals surface area contributed by atoms with Gasteiger partial charge >= 0.3 is 0 Å². The van der Waals surface area contributed by atoms with Gasteiger partial charge < -0.3 is 10.2 Å². The SMILES string of the molecule is CN(C)CCNS(=O)(=O)c1ccc(C(=O)NCCCc2ccccc2)cc1. The molecular formula is C20H27N3O3S. The smallest absolute Gasteiger partial charge is 0.251 e. The fourth-order valence-electron chi connectivity index (χ4n) is 2.51. The minimum atomic E-state index is -3.56. The van der Waals surface area contributed by atoms with Gasteiger partial charge in [-0.1, -0.05) is 30.3 Å². The summed E-state index contributed by atoms with van der Waals surface area (Å²) in [6, 6.07) is 16.1. The van der Waals surface area contributed by atoms with E-state index in [1.54, 1.807) is 0 Å². The second-order valence-corrected chi connectivity index (χ2v) is 8.34. The molecule has 2 rings (SSSR count). The van der Waals surface area contributed by atoms with Crippen LogP contribution in [-0.4, -0.2) is 53.0 Å². The molecule has 7 heteroatoms. The van der Waals surface area contributed by atoms with Crippen LogP contribution in [0.15, 0.2) is 59.5 Å². The van der Waals surface area contributed by atoms with Crippen LogP contribution >= 0.6 is 0 Å². The van der Waals surface area contributed by atoms with E-state index < -0.39 is 10.0 Å². The third-order valence-electron chi connectivity index (χ3n) is 4.05.